The van der Waals surface area contributed by atoms with Crippen molar-refractivity contribution in [3.05, 3.63) is 59.1 Å². The van der Waals surface area contributed by atoms with Gasteiger partial charge in [0.05, 0.1) is 10.6 Å². The Labute approximate surface area is 178 Å². The lowest BCUT2D eigenvalue weighted by Crippen LogP contribution is -2.37. The first-order chi connectivity index (χ1) is 13.8. The van der Waals surface area contributed by atoms with Crippen LogP contribution in [-0.4, -0.2) is 39.4 Å². The van der Waals surface area contributed by atoms with E-state index in [-0.39, 0.29) is 16.8 Å². The van der Waals surface area contributed by atoms with Crippen LogP contribution in [0.1, 0.15) is 48.9 Å². The average molecular weight is 435 g/mol. The highest BCUT2D eigenvalue weighted by Gasteiger charge is 2.25. The van der Waals surface area contributed by atoms with Gasteiger partial charge in [0.1, 0.15) is 0 Å². The fraction of sp³-hybridized carbons (Fsp3) is 0.409. The van der Waals surface area contributed by atoms with Gasteiger partial charge in [0.2, 0.25) is 0 Å². The number of halogens is 1. The molecule has 1 aliphatic carbocycles. The topological polar surface area (TPSA) is 57.7 Å². The van der Waals surface area contributed by atoms with Crippen molar-refractivity contribution in [1.29, 1.82) is 0 Å². The van der Waals surface area contributed by atoms with Crippen molar-refractivity contribution >= 4 is 33.2 Å². The molecule has 2 aromatic rings. The maximum Gasteiger partial charge on any atom is 0.264 e. The molecule has 29 heavy (non-hydrogen) atoms. The summed E-state index contributed by atoms with van der Waals surface area (Å²) in [6, 6.07) is 13.1. The molecular weight excluding hydrogens is 408 g/mol. The highest BCUT2D eigenvalue weighted by atomic mass is 35.5. The number of amides is 1. The number of hydrogen-bond acceptors (Lipinski definition) is 3. The SMILES string of the molecule is CN(C(=O)c1cccc(S(=O)(=O)N(C)c2cccc(Cl)c2)c1)C1CCCCCC1. The second-order valence-electron chi connectivity index (χ2n) is 7.54. The van der Waals surface area contributed by atoms with E-state index in [1.54, 1.807) is 41.3 Å². The van der Waals surface area contributed by atoms with Gasteiger partial charge in [-0.05, 0) is 49.2 Å². The van der Waals surface area contributed by atoms with Gasteiger partial charge in [-0.3, -0.25) is 9.10 Å². The number of hydrogen-bond donors (Lipinski definition) is 0. The van der Waals surface area contributed by atoms with Gasteiger partial charge in [0.15, 0.2) is 0 Å². The van der Waals surface area contributed by atoms with Gasteiger partial charge < -0.3 is 4.90 Å². The normalized spacial score (nSPS) is 15.6. The van der Waals surface area contributed by atoms with Crippen molar-refractivity contribution in [3.63, 3.8) is 0 Å². The summed E-state index contributed by atoms with van der Waals surface area (Å²) in [4.78, 5) is 14.9. The Morgan fingerprint density at radius 1 is 0.966 bits per heavy atom. The van der Waals surface area contributed by atoms with E-state index in [9.17, 15) is 13.2 Å². The summed E-state index contributed by atoms with van der Waals surface area (Å²) < 4.78 is 27.4. The molecule has 1 fully saturated rings. The Morgan fingerprint density at radius 3 is 2.28 bits per heavy atom. The molecule has 7 heteroatoms. The average Bonchev–Trinajstić information content (AvgIpc) is 3.01. The third-order valence-electron chi connectivity index (χ3n) is 5.60. The molecule has 0 atom stereocenters. The molecule has 0 aliphatic heterocycles. The molecule has 2 aromatic carbocycles. The van der Waals surface area contributed by atoms with Crippen molar-refractivity contribution in [2.45, 2.75) is 49.5 Å². The second-order valence-corrected chi connectivity index (χ2v) is 9.95. The minimum Gasteiger partial charge on any atom is -0.339 e. The number of nitrogens with zero attached hydrogens (tertiary/aromatic N) is 2. The maximum atomic E-state index is 13.1. The molecule has 0 N–H and O–H groups in total. The van der Waals surface area contributed by atoms with Crippen LogP contribution in [0.4, 0.5) is 5.69 Å². The molecule has 0 spiro atoms. The molecule has 0 radical (unpaired) electrons. The minimum absolute atomic E-state index is 0.0834. The van der Waals surface area contributed by atoms with Crippen molar-refractivity contribution < 1.29 is 13.2 Å². The lowest BCUT2D eigenvalue weighted by Gasteiger charge is -2.27. The van der Waals surface area contributed by atoms with E-state index < -0.39 is 10.0 Å². The van der Waals surface area contributed by atoms with Crippen molar-refractivity contribution in [2.24, 2.45) is 0 Å². The summed E-state index contributed by atoms with van der Waals surface area (Å²) in [5.41, 5.74) is 0.849. The zero-order valence-corrected chi connectivity index (χ0v) is 18.4. The Morgan fingerprint density at radius 2 is 1.62 bits per heavy atom. The van der Waals surface area contributed by atoms with Gasteiger partial charge in [0, 0.05) is 30.7 Å². The van der Waals surface area contributed by atoms with Crippen molar-refractivity contribution in [1.82, 2.24) is 4.90 Å². The largest absolute Gasteiger partial charge is 0.339 e. The van der Waals surface area contributed by atoms with Crippen LogP contribution in [0, 0.1) is 0 Å². The summed E-state index contributed by atoms with van der Waals surface area (Å²) in [5.74, 6) is -0.139. The third-order valence-corrected chi connectivity index (χ3v) is 7.62. The van der Waals surface area contributed by atoms with Crippen LogP contribution in [0.15, 0.2) is 53.4 Å². The van der Waals surface area contributed by atoms with Gasteiger partial charge in [0.25, 0.3) is 15.9 Å². The molecule has 0 bridgehead atoms. The fourth-order valence-electron chi connectivity index (χ4n) is 3.77. The van der Waals surface area contributed by atoms with E-state index in [4.69, 9.17) is 11.6 Å². The van der Waals surface area contributed by atoms with Crippen LogP contribution in [0.2, 0.25) is 5.02 Å². The summed E-state index contributed by atoms with van der Waals surface area (Å²) in [6.07, 6.45) is 6.67. The Balaban J connectivity index is 1.85. The Kier molecular flexibility index (Phi) is 6.85. The molecule has 1 aliphatic rings. The summed E-state index contributed by atoms with van der Waals surface area (Å²) in [5, 5.41) is 0.457. The summed E-state index contributed by atoms with van der Waals surface area (Å²) >= 11 is 6.00. The predicted octanol–water partition coefficient (Wildman–Crippen LogP) is 4.96. The zero-order chi connectivity index (χ0) is 21.0. The summed E-state index contributed by atoms with van der Waals surface area (Å²) in [7, 11) is -0.521. The first kappa shape index (κ1) is 21.7. The van der Waals surface area contributed by atoms with Crippen LogP contribution in [0.5, 0.6) is 0 Å². The number of sulfonamides is 1. The first-order valence-corrected chi connectivity index (χ1v) is 11.7. The molecule has 5 nitrogen and oxygen atoms in total. The molecular formula is C22H27ClN2O3S. The Hall–Kier alpha value is -2.05. The van der Waals surface area contributed by atoms with Crippen LogP contribution >= 0.6 is 11.6 Å². The second kappa shape index (κ2) is 9.18. The predicted molar refractivity (Wildman–Crippen MR) is 117 cm³/mol. The molecule has 0 aromatic heterocycles. The molecule has 156 valence electrons. The molecule has 0 saturated heterocycles. The van der Waals surface area contributed by atoms with E-state index >= 15 is 0 Å². The smallest absolute Gasteiger partial charge is 0.264 e. The van der Waals surface area contributed by atoms with Gasteiger partial charge in [-0.1, -0.05) is 49.4 Å². The van der Waals surface area contributed by atoms with Crippen molar-refractivity contribution in [3.8, 4) is 0 Å². The van der Waals surface area contributed by atoms with E-state index in [0.29, 0.717) is 16.3 Å². The van der Waals surface area contributed by atoms with Crippen LogP contribution < -0.4 is 4.31 Å². The number of rotatable bonds is 5. The molecule has 1 saturated carbocycles. The van der Waals surface area contributed by atoms with Crippen LogP contribution in [0.25, 0.3) is 0 Å². The zero-order valence-electron chi connectivity index (χ0n) is 16.8. The van der Waals surface area contributed by atoms with Gasteiger partial charge in [-0.2, -0.15) is 0 Å². The van der Waals surface area contributed by atoms with Gasteiger partial charge >= 0.3 is 0 Å². The van der Waals surface area contributed by atoms with Gasteiger partial charge in [-0.25, -0.2) is 8.42 Å². The van der Waals surface area contributed by atoms with E-state index in [1.807, 2.05) is 7.05 Å². The van der Waals surface area contributed by atoms with Crippen molar-refractivity contribution in [2.75, 3.05) is 18.4 Å². The van der Waals surface area contributed by atoms with Gasteiger partial charge in [-0.15, -0.1) is 0 Å². The number of carbonyl (C=O) groups is 1. The van der Waals surface area contributed by atoms with Crippen LogP contribution in [-0.2, 0) is 10.0 Å². The fourth-order valence-corrected chi connectivity index (χ4v) is 5.19. The highest BCUT2D eigenvalue weighted by Crippen LogP contribution is 2.26. The molecule has 3 rings (SSSR count). The highest BCUT2D eigenvalue weighted by molar-refractivity contribution is 7.92. The van der Waals surface area contributed by atoms with E-state index in [1.165, 1.54) is 36.3 Å². The molecule has 1 amide bonds. The maximum absolute atomic E-state index is 13.1. The van der Waals surface area contributed by atoms with Crippen LogP contribution in [0.3, 0.4) is 0 Å². The Bertz CT molecular complexity index is 970. The first-order valence-electron chi connectivity index (χ1n) is 9.92. The summed E-state index contributed by atoms with van der Waals surface area (Å²) in [6.45, 7) is 0. The molecule has 0 heterocycles. The monoisotopic (exact) mass is 434 g/mol. The lowest BCUT2D eigenvalue weighted by atomic mass is 10.1. The minimum atomic E-state index is -3.82. The number of benzene rings is 2. The third kappa shape index (κ3) is 4.93. The lowest BCUT2D eigenvalue weighted by molar-refractivity contribution is 0.0717. The van der Waals surface area contributed by atoms with E-state index in [2.05, 4.69) is 0 Å². The van der Waals surface area contributed by atoms with E-state index in [0.717, 1.165) is 25.7 Å². The number of anilines is 1. The molecule has 0 unspecified atom stereocenters. The standard InChI is InChI=1S/C22H27ClN2O3S/c1-24(19-11-5-3-4-6-12-19)22(26)17-9-7-14-21(15-17)29(27,28)25(2)20-13-8-10-18(23)16-20/h7-10,13-16,19H,3-6,11-12H2,1-2H3. The number of carbonyl (C=O) groups excluding carboxylic acids is 1. The quantitative estimate of drug-likeness (QED) is 0.625.